The summed E-state index contributed by atoms with van der Waals surface area (Å²) in [7, 11) is 0. The number of nitrogens with zero attached hydrogens (tertiary/aromatic N) is 4. The number of aromatic nitrogens is 4. The van der Waals surface area contributed by atoms with Gasteiger partial charge in [0.15, 0.2) is 5.65 Å². The fraction of sp³-hybridized carbons (Fsp3) is 0.0741. The van der Waals surface area contributed by atoms with Crippen LogP contribution in [0.5, 0.6) is 0 Å². The van der Waals surface area contributed by atoms with Gasteiger partial charge in [0.2, 0.25) is 0 Å². The number of fused-ring (bicyclic) bond motifs is 2. The Morgan fingerprint density at radius 2 is 1.78 bits per heavy atom. The Labute approximate surface area is 231 Å². The van der Waals surface area contributed by atoms with E-state index in [1.807, 2.05) is 0 Å². The highest BCUT2D eigenvalue weighted by Crippen LogP contribution is 2.42. The average Bonchev–Trinajstić information content (AvgIpc) is 3.53. The highest BCUT2D eigenvalue weighted by Gasteiger charge is 2.36. The minimum atomic E-state index is -4.90. The molecule has 6 rings (SSSR count). The van der Waals surface area contributed by atoms with E-state index < -0.39 is 46.8 Å². The van der Waals surface area contributed by atoms with Gasteiger partial charge in [-0.15, -0.1) is 9.73 Å². The van der Waals surface area contributed by atoms with Crippen LogP contribution in [0.1, 0.15) is 43.4 Å². The number of rotatable bonds is 4. The third kappa shape index (κ3) is 4.84. The van der Waals surface area contributed by atoms with E-state index in [2.05, 4.69) is 25.8 Å². The van der Waals surface area contributed by atoms with Crippen LogP contribution in [0, 0.1) is 11.6 Å². The van der Waals surface area contributed by atoms with Crippen molar-refractivity contribution in [1.29, 1.82) is 0 Å². The number of carbonyl (C=O) groups is 2. The molecule has 3 aromatic carbocycles. The molecule has 1 atom stereocenters. The maximum absolute atomic E-state index is 14.2. The summed E-state index contributed by atoms with van der Waals surface area (Å²) < 4.78 is 69.4. The predicted octanol–water partition coefficient (Wildman–Crippen LogP) is 5.83. The second kappa shape index (κ2) is 9.63. The van der Waals surface area contributed by atoms with Gasteiger partial charge in [-0.25, -0.2) is 13.8 Å². The average molecular weight is 585 g/mol. The molecule has 0 saturated heterocycles. The number of alkyl halides is 3. The largest absolute Gasteiger partial charge is 0.416 e. The number of amides is 2. The number of carbonyl (C=O) groups excluding carboxylic acids is 2. The zero-order chi connectivity index (χ0) is 29.1. The fourth-order valence-electron chi connectivity index (χ4n) is 4.63. The first-order valence-electron chi connectivity index (χ1n) is 11.8. The van der Waals surface area contributed by atoms with Crippen LogP contribution in [0.15, 0.2) is 67.1 Å². The first kappa shape index (κ1) is 26.3. The van der Waals surface area contributed by atoms with Gasteiger partial charge in [0.1, 0.15) is 18.0 Å². The van der Waals surface area contributed by atoms with E-state index in [9.17, 15) is 31.5 Å². The highest BCUT2D eigenvalue weighted by molar-refractivity contribution is 6.31. The Hall–Kier alpha value is -4.91. The molecule has 2 amide bonds. The Bertz CT molecular complexity index is 1890. The van der Waals surface area contributed by atoms with Crippen LogP contribution in [0.3, 0.4) is 0 Å². The number of hydrogen-bond donors (Lipinski definition) is 2. The van der Waals surface area contributed by atoms with Crippen LogP contribution < -0.4 is 10.6 Å². The van der Waals surface area contributed by atoms with Crippen molar-refractivity contribution in [3.05, 3.63) is 112 Å². The van der Waals surface area contributed by atoms with E-state index in [4.69, 9.17) is 11.6 Å². The molecule has 0 bridgehead atoms. The summed E-state index contributed by atoms with van der Waals surface area (Å²) in [5.74, 6) is -3.56. The Balaban J connectivity index is 1.51. The van der Waals surface area contributed by atoms with Gasteiger partial charge in [-0.1, -0.05) is 11.6 Å². The van der Waals surface area contributed by atoms with E-state index >= 15 is 0 Å². The van der Waals surface area contributed by atoms with Crippen LogP contribution in [-0.2, 0) is 6.18 Å². The van der Waals surface area contributed by atoms with Crippen molar-refractivity contribution in [3.8, 4) is 11.1 Å². The third-order valence-electron chi connectivity index (χ3n) is 6.47. The lowest BCUT2D eigenvalue weighted by atomic mass is 9.93. The van der Waals surface area contributed by atoms with Crippen molar-refractivity contribution in [2.24, 2.45) is 0 Å². The SMILES string of the molecule is O=C(Nc1cc(-c2cnn3ncnc3c2)cc2c1[C@@H](c1cc(F)ccc1Cl)NC2=O)c1cc(F)cc(C(F)(F)F)c1. The lowest BCUT2D eigenvalue weighted by Gasteiger charge is -2.19. The van der Waals surface area contributed by atoms with Crippen molar-refractivity contribution in [1.82, 2.24) is 25.1 Å². The summed E-state index contributed by atoms with van der Waals surface area (Å²) in [5, 5.41) is 13.4. The molecular formula is C27H14ClF5N6O2. The molecule has 3 heterocycles. The topological polar surface area (TPSA) is 101 Å². The van der Waals surface area contributed by atoms with E-state index in [-0.39, 0.29) is 33.5 Å². The molecule has 41 heavy (non-hydrogen) atoms. The quantitative estimate of drug-likeness (QED) is 0.259. The number of anilines is 1. The van der Waals surface area contributed by atoms with Crippen molar-refractivity contribution >= 4 is 34.7 Å². The molecule has 0 fully saturated rings. The summed E-state index contributed by atoms with van der Waals surface area (Å²) in [6.07, 6.45) is -2.18. The number of halogens is 6. The van der Waals surface area contributed by atoms with E-state index in [1.54, 1.807) is 6.07 Å². The van der Waals surface area contributed by atoms with Gasteiger partial charge < -0.3 is 10.6 Å². The van der Waals surface area contributed by atoms with Gasteiger partial charge in [0, 0.05) is 38.5 Å². The highest BCUT2D eigenvalue weighted by atomic mass is 35.5. The fourth-order valence-corrected chi connectivity index (χ4v) is 4.86. The third-order valence-corrected chi connectivity index (χ3v) is 6.82. The summed E-state index contributed by atoms with van der Waals surface area (Å²) in [6, 6.07) is 8.55. The zero-order valence-corrected chi connectivity index (χ0v) is 21.1. The number of benzene rings is 3. The van der Waals surface area contributed by atoms with E-state index in [1.165, 1.54) is 35.4 Å². The standard InChI is InChI=1S/C27H14ClF5N6O2/c28-20-2-1-16(29)9-18(20)24-23-19(26(41)38-24)5-12(14-7-22-34-11-36-39(22)35-10-14)6-21(23)37-25(40)13-3-15(27(31,32)33)8-17(30)4-13/h1-11,24H,(H,37,40)(H,38,41)/t24-/m1/s1. The molecule has 0 radical (unpaired) electrons. The van der Waals surface area contributed by atoms with E-state index in [0.29, 0.717) is 28.9 Å². The van der Waals surface area contributed by atoms with Crippen LogP contribution in [0.4, 0.5) is 27.6 Å². The first-order valence-corrected chi connectivity index (χ1v) is 12.1. The van der Waals surface area contributed by atoms with Crippen molar-refractivity contribution in [3.63, 3.8) is 0 Å². The van der Waals surface area contributed by atoms with Gasteiger partial charge in [0.05, 0.1) is 17.8 Å². The number of hydrogen-bond acceptors (Lipinski definition) is 5. The van der Waals surface area contributed by atoms with Crippen LogP contribution in [-0.4, -0.2) is 31.6 Å². The molecular weight excluding hydrogens is 571 g/mol. The summed E-state index contributed by atoms with van der Waals surface area (Å²) in [5.41, 5.74) is -0.298. The molecule has 5 aromatic rings. The molecule has 2 aromatic heterocycles. The van der Waals surface area contributed by atoms with Crippen LogP contribution in [0.25, 0.3) is 16.8 Å². The van der Waals surface area contributed by atoms with E-state index in [0.717, 1.165) is 12.1 Å². The summed E-state index contributed by atoms with van der Waals surface area (Å²) >= 11 is 6.32. The first-order chi connectivity index (χ1) is 19.5. The molecule has 14 heteroatoms. The van der Waals surface area contributed by atoms with Gasteiger partial charge in [-0.05, 0) is 60.2 Å². The van der Waals surface area contributed by atoms with Crippen LogP contribution >= 0.6 is 11.6 Å². The smallest absolute Gasteiger partial charge is 0.341 e. The lowest BCUT2D eigenvalue weighted by Crippen LogP contribution is -2.21. The Morgan fingerprint density at radius 3 is 2.56 bits per heavy atom. The van der Waals surface area contributed by atoms with Crippen molar-refractivity contribution in [2.45, 2.75) is 12.2 Å². The molecule has 1 aliphatic heterocycles. The minimum absolute atomic E-state index is 0.00895. The molecule has 206 valence electrons. The Kier molecular flexibility index (Phi) is 6.18. The molecule has 1 aliphatic rings. The molecule has 2 N–H and O–H groups in total. The maximum Gasteiger partial charge on any atom is 0.416 e. The zero-order valence-electron chi connectivity index (χ0n) is 20.3. The minimum Gasteiger partial charge on any atom is -0.341 e. The molecule has 8 nitrogen and oxygen atoms in total. The summed E-state index contributed by atoms with van der Waals surface area (Å²) in [4.78, 5) is 30.4. The lowest BCUT2D eigenvalue weighted by molar-refractivity contribution is -0.137. The maximum atomic E-state index is 14.2. The second-order valence-corrected chi connectivity index (χ2v) is 9.50. The normalized spacial score (nSPS) is 14.7. The van der Waals surface area contributed by atoms with Crippen molar-refractivity contribution < 1.29 is 31.5 Å². The molecule has 0 saturated carbocycles. The Morgan fingerprint density at radius 1 is 0.976 bits per heavy atom. The predicted molar refractivity (Wildman–Crippen MR) is 136 cm³/mol. The van der Waals surface area contributed by atoms with Crippen LogP contribution in [0.2, 0.25) is 5.02 Å². The monoisotopic (exact) mass is 584 g/mol. The second-order valence-electron chi connectivity index (χ2n) is 9.09. The van der Waals surface area contributed by atoms with Gasteiger partial charge in [0.25, 0.3) is 11.8 Å². The molecule has 0 unspecified atom stereocenters. The summed E-state index contributed by atoms with van der Waals surface area (Å²) in [6.45, 7) is 0. The molecule has 0 spiro atoms. The number of nitrogens with one attached hydrogen (secondary N) is 2. The van der Waals surface area contributed by atoms with Crippen molar-refractivity contribution in [2.75, 3.05) is 5.32 Å². The van der Waals surface area contributed by atoms with Gasteiger partial charge in [-0.2, -0.15) is 18.3 Å². The molecule has 0 aliphatic carbocycles. The van der Waals surface area contributed by atoms with Gasteiger partial charge in [-0.3, -0.25) is 9.59 Å². The van der Waals surface area contributed by atoms with Gasteiger partial charge >= 0.3 is 6.18 Å².